The van der Waals surface area contributed by atoms with Gasteiger partial charge in [0, 0.05) is 18.7 Å². The number of nitrogens with zero attached hydrogens (tertiary/aromatic N) is 1. The van der Waals surface area contributed by atoms with Crippen LogP contribution in [0.4, 0.5) is 8.78 Å². The fourth-order valence-corrected chi connectivity index (χ4v) is 2.67. The number of amides is 1. The zero-order valence-corrected chi connectivity index (χ0v) is 13.0. The number of hydrogen-bond donors (Lipinski definition) is 2. The molecule has 6 heteroatoms. The standard InChI is InChI=1S/C16H23F2N3O/c1-12(2)10-21-9-8-14(16(17,18)11-21)19-20-15(22)13-6-4-3-5-7-13/h3-7,12,14,19H,8-11H2,1-2H3,(H,20,22). The molecule has 1 unspecified atom stereocenters. The van der Waals surface area contributed by atoms with E-state index in [4.69, 9.17) is 0 Å². The predicted molar refractivity (Wildman–Crippen MR) is 81.7 cm³/mol. The fourth-order valence-electron chi connectivity index (χ4n) is 2.67. The molecule has 1 aromatic rings. The minimum Gasteiger partial charge on any atom is -0.297 e. The van der Waals surface area contributed by atoms with E-state index >= 15 is 0 Å². The molecule has 0 saturated carbocycles. The van der Waals surface area contributed by atoms with E-state index in [1.165, 1.54) is 0 Å². The Morgan fingerprint density at radius 2 is 2.05 bits per heavy atom. The highest BCUT2D eigenvalue weighted by Crippen LogP contribution is 2.27. The Morgan fingerprint density at radius 3 is 2.64 bits per heavy atom. The normalized spacial score (nSPS) is 21.8. The molecule has 0 radical (unpaired) electrons. The van der Waals surface area contributed by atoms with Crippen LogP contribution in [-0.4, -0.2) is 42.4 Å². The summed E-state index contributed by atoms with van der Waals surface area (Å²) in [6.45, 7) is 5.03. The summed E-state index contributed by atoms with van der Waals surface area (Å²) in [5, 5.41) is 0. The number of benzene rings is 1. The van der Waals surface area contributed by atoms with E-state index in [1.807, 2.05) is 13.8 Å². The average Bonchev–Trinajstić information content (AvgIpc) is 2.45. The van der Waals surface area contributed by atoms with Crippen molar-refractivity contribution in [1.29, 1.82) is 0 Å². The summed E-state index contributed by atoms with van der Waals surface area (Å²) in [5.41, 5.74) is 5.34. The Kier molecular flexibility index (Phi) is 5.47. The maximum Gasteiger partial charge on any atom is 0.277 e. The van der Waals surface area contributed by atoms with Gasteiger partial charge in [0.15, 0.2) is 0 Å². The maximum absolute atomic E-state index is 14.2. The molecule has 0 aliphatic carbocycles. The number of carbonyl (C=O) groups excluding carboxylic acids is 1. The van der Waals surface area contributed by atoms with Gasteiger partial charge in [0.05, 0.1) is 12.6 Å². The first-order valence-corrected chi connectivity index (χ1v) is 7.59. The van der Waals surface area contributed by atoms with Crippen molar-refractivity contribution in [2.75, 3.05) is 19.6 Å². The largest absolute Gasteiger partial charge is 0.297 e. The van der Waals surface area contributed by atoms with Crippen LogP contribution in [0.3, 0.4) is 0 Å². The van der Waals surface area contributed by atoms with Crippen LogP contribution in [-0.2, 0) is 0 Å². The molecule has 122 valence electrons. The molecule has 1 heterocycles. The monoisotopic (exact) mass is 311 g/mol. The van der Waals surface area contributed by atoms with Crippen LogP contribution >= 0.6 is 0 Å². The first-order chi connectivity index (χ1) is 10.4. The van der Waals surface area contributed by atoms with Crippen molar-refractivity contribution in [3.05, 3.63) is 35.9 Å². The van der Waals surface area contributed by atoms with Crippen molar-refractivity contribution in [1.82, 2.24) is 15.8 Å². The molecule has 1 atom stereocenters. The first-order valence-electron chi connectivity index (χ1n) is 7.59. The van der Waals surface area contributed by atoms with Gasteiger partial charge < -0.3 is 0 Å². The Hall–Kier alpha value is -1.53. The Labute approximate surface area is 129 Å². The summed E-state index contributed by atoms with van der Waals surface area (Å²) in [7, 11) is 0. The lowest BCUT2D eigenvalue weighted by Crippen LogP contribution is -2.61. The summed E-state index contributed by atoms with van der Waals surface area (Å²) in [5.74, 6) is -2.91. The predicted octanol–water partition coefficient (Wildman–Crippen LogP) is 2.29. The Morgan fingerprint density at radius 1 is 1.36 bits per heavy atom. The number of alkyl halides is 2. The van der Waals surface area contributed by atoms with Crippen molar-refractivity contribution in [2.45, 2.75) is 32.2 Å². The molecule has 1 fully saturated rings. The summed E-state index contributed by atoms with van der Waals surface area (Å²) < 4.78 is 28.3. The van der Waals surface area contributed by atoms with Crippen molar-refractivity contribution < 1.29 is 13.6 Å². The molecular formula is C16H23F2N3O. The van der Waals surface area contributed by atoms with Crippen molar-refractivity contribution in [3.63, 3.8) is 0 Å². The van der Waals surface area contributed by atoms with Gasteiger partial charge in [0.1, 0.15) is 0 Å². The number of halogens is 2. The number of likely N-dealkylation sites (tertiary alicyclic amines) is 1. The third-order valence-corrected chi connectivity index (χ3v) is 3.70. The molecule has 1 aromatic carbocycles. The highest BCUT2D eigenvalue weighted by atomic mass is 19.3. The molecule has 2 rings (SSSR count). The molecule has 0 bridgehead atoms. The highest BCUT2D eigenvalue weighted by Gasteiger charge is 2.44. The van der Waals surface area contributed by atoms with Gasteiger partial charge in [-0.1, -0.05) is 32.0 Å². The van der Waals surface area contributed by atoms with E-state index in [0.717, 1.165) is 0 Å². The molecule has 1 aliphatic heterocycles. The van der Waals surface area contributed by atoms with Crippen LogP contribution in [0.25, 0.3) is 0 Å². The van der Waals surface area contributed by atoms with Crippen molar-refractivity contribution in [2.24, 2.45) is 5.92 Å². The lowest BCUT2D eigenvalue weighted by Gasteiger charge is -2.39. The van der Waals surface area contributed by atoms with Crippen LogP contribution in [0.1, 0.15) is 30.6 Å². The van der Waals surface area contributed by atoms with E-state index in [1.54, 1.807) is 35.2 Å². The van der Waals surface area contributed by atoms with Crippen molar-refractivity contribution in [3.8, 4) is 0 Å². The van der Waals surface area contributed by atoms with E-state index in [9.17, 15) is 13.6 Å². The minimum atomic E-state index is -2.86. The van der Waals surface area contributed by atoms with Gasteiger partial charge >= 0.3 is 0 Å². The van der Waals surface area contributed by atoms with Crippen LogP contribution < -0.4 is 10.9 Å². The van der Waals surface area contributed by atoms with E-state index in [2.05, 4.69) is 10.9 Å². The summed E-state index contributed by atoms with van der Waals surface area (Å²) >= 11 is 0. The lowest BCUT2D eigenvalue weighted by atomic mass is 10.0. The second kappa shape index (κ2) is 7.15. The number of nitrogens with one attached hydrogen (secondary N) is 2. The summed E-state index contributed by atoms with van der Waals surface area (Å²) in [4.78, 5) is 13.7. The second-order valence-corrected chi connectivity index (χ2v) is 6.20. The number of rotatable bonds is 5. The molecule has 0 aromatic heterocycles. The quantitative estimate of drug-likeness (QED) is 0.820. The Bertz CT molecular complexity index is 493. The van der Waals surface area contributed by atoms with Crippen LogP contribution in [0.5, 0.6) is 0 Å². The molecular weight excluding hydrogens is 288 g/mol. The van der Waals surface area contributed by atoms with Crippen LogP contribution in [0.2, 0.25) is 0 Å². The number of carbonyl (C=O) groups is 1. The molecule has 1 amide bonds. The second-order valence-electron chi connectivity index (χ2n) is 6.20. The smallest absolute Gasteiger partial charge is 0.277 e. The molecule has 4 nitrogen and oxygen atoms in total. The third-order valence-electron chi connectivity index (χ3n) is 3.70. The van der Waals surface area contributed by atoms with Gasteiger partial charge in [-0.05, 0) is 24.5 Å². The maximum atomic E-state index is 14.2. The average molecular weight is 311 g/mol. The molecule has 1 aliphatic rings. The van der Waals surface area contributed by atoms with Gasteiger partial charge in [-0.3, -0.25) is 15.1 Å². The minimum absolute atomic E-state index is 0.274. The fraction of sp³-hybridized carbons (Fsp3) is 0.562. The summed E-state index contributed by atoms with van der Waals surface area (Å²) in [6, 6.07) is 7.49. The van der Waals surface area contributed by atoms with Crippen molar-refractivity contribution >= 4 is 5.91 Å². The van der Waals surface area contributed by atoms with E-state index in [-0.39, 0.29) is 6.54 Å². The molecule has 22 heavy (non-hydrogen) atoms. The highest BCUT2D eigenvalue weighted by molar-refractivity contribution is 5.93. The van der Waals surface area contributed by atoms with Gasteiger partial charge in [0.25, 0.3) is 11.8 Å². The van der Waals surface area contributed by atoms with Gasteiger partial charge in [-0.2, -0.15) is 0 Å². The number of hydrazine groups is 1. The third kappa shape index (κ3) is 4.48. The Balaban J connectivity index is 1.87. The first kappa shape index (κ1) is 16.8. The van der Waals surface area contributed by atoms with E-state index in [0.29, 0.717) is 31.0 Å². The van der Waals surface area contributed by atoms with Gasteiger partial charge in [0.2, 0.25) is 0 Å². The SMILES string of the molecule is CC(C)CN1CCC(NNC(=O)c2ccccc2)C(F)(F)C1. The molecule has 1 saturated heterocycles. The van der Waals surface area contributed by atoms with E-state index < -0.39 is 17.9 Å². The van der Waals surface area contributed by atoms with Gasteiger partial charge in [-0.15, -0.1) is 0 Å². The lowest BCUT2D eigenvalue weighted by molar-refractivity contribution is -0.0943. The zero-order valence-electron chi connectivity index (χ0n) is 13.0. The van der Waals surface area contributed by atoms with Crippen LogP contribution in [0.15, 0.2) is 30.3 Å². The van der Waals surface area contributed by atoms with Crippen LogP contribution in [0, 0.1) is 5.92 Å². The number of hydrogen-bond acceptors (Lipinski definition) is 3. The van der Waals surface area contributed by atoms with Gasteiger partial charge in [-0.25, -0.2) is 14.2 Å². The topological polar surface area (TPSA) is 44.4 Å². The zero-order chi connectivity index (χ0) is 16.2. The number of piperidine rings is 1. The molecule has 0 spiro atoms. The summed E-state index contributed by atoms with van der Waals surface area (Å²) in [6.07, 6.45) is 0.300. The molecule has 2 N–H and O–H groups in total.